The lowest BCUT2D eigenvalue weighted by molar-refractivity contribution is -0.242. The van der Waals surface area contributed by atoms with Crippen molar-refractivity contribution in [1.82, 2.24) is 16.5 Å². The van der Waals surface area contributed by atoms with E-state index in [0.717, 1.165) is 5.23 Å². The van der Waals surface area contributed by atoms with E-state index in [4.69, 9.17) is 5.84 Å². The van der Waals surface area contributed by atoms with Gasteiger partial charge >= 0.3 is 0 Å². The van der Waals surface area contributed by atoms with Crippen LogP contribution < -0.4 is 17.1 Å². The average Bonchev–Trinajstić information content (AvgIpc) is 1.98. The van der Waals surface area contributed by atoms with E-state index >= 15 is 0 Å². The van der Waals surface area contributed by atoms with Crippen molar-refractivity contribution in [1.29, 1.82) is 0 Å². The fraction of sp³-hybridized carbons (Fsp3) is 1.00. The van der Waals surface area contributed by atoms with E-state index in [2.05, 4.69) is 26.4 Å². The molecule has 0 rings (SSSR count). The molecule has 0 aromatic heterocycles. The zero-order valence-corrected chi connectivity index (χ0v) is 6.00. The van der Waals surface area contributed by atoms with Gasteiger partial charge in [-0.3, -0.25) is 15.9 Å². The fourth-order valence-electron chi connectivity index (χ4n) is 0.195. The van der Waals surface area contributed by atoms with Gasteiger partial charge in [0, 0.05) is 0 Å². The zero-order valence-electron chi connectivity index (χ0n) is 6.00. The first-order valence-corrected chi connectivity index (χ1v) is 2.74. The first-order chi connectivity index (χ1) is 4.81. The highest BCUT2D eigenvalue weighted by Crippen LogP contribution is 1.75. The molecule has 0 aliphatic carbocycles. The van der Waals surface area contributed by atoms with Crippen LogP contribution in [0, 0.1) is 0 Å². The number of nitrogens with zero attached hydrogens (tertiary/aromatic N) is 2. The smallest absolute Gasteiger partial charge is 0.0681 e. The summed E-state index contributed by atoms with van der Waals surface area (Å²) < 4.78 is 0. The number of hydrogen-bond acceptors (Lipinski definition) is 6. The summed E-state index contributed by atoms with van der Waals surface area (Å²) >= 11 is 0. The van der Waals surface area contributed by atoms with E-state index < -0.39 is 0 Å². The van der Waals surface area contributed by atoms with Crippen LogP contribution in [0.15, 0.2) is 0 Å². The lowest BCUT2D eigenvalue weighted by Crippen LogP contribution is -2.42. The molecule has 0 bridgehead atoms. The molecule has 0 saturated heterocycles. The van der Waals surface area contributed by atoms with Crippen LogP contribution in [-0.2, 0) is 9.78 Å². The molecule has 7 heteroatoms. The van der Waals surface area contributed by atoms with Gasteiger partial charge in [0.25, 0.3) is 0 Å². The normalized spacial score (nSPS) is 10.8. The Kier molecular flexibility index (Phi) is 6.64. The van der Waals surface area contributed by atoms with Crippen molar-refractivity contribution in [3.63, 3.8) is 0 Å². The quantitative estimate of drug-likeness (QED) is 0.255. The summed E-state index contributed by atoms with van der Waals surface area (Å²) in [5.41, 5.74) is 7.75. The molecule has 4 N–H and O–H groups in total. The Hall–Kier alpha value is -0.280. The SMILES string of the molecule is CCONONN(N)[N-]C. The van der Waals surface area contributed by atoms with Crippen LogP contribution in [0.4, 0.5) is 0 Å². The molecule has 0 aromatic carbocycles. The molecule has 0 unspecified atom stereocenters. The molecule has 0 atom stereocenters. The number of nitrogens with one attached hydrogen (secondary N) is 2. The number of rotatable bonds is 6. The summed E-state index contributed by atoms with van der Waals surface area (Å²) in [5, 5.41) is 0.881. The van der Waals surface area contributed by atoms with Gasteiger partial charge in [0.05, 0.1) is 6.61 Å². The lowest BCUT2D eigenvalue weighted by Gasteiger charge is -2.26. The van der Waals surface area contributed by atoms with Crippen LogP contribution >= 0.6 is 0 Å². The third-order valence-electron chi connectivity index (χ3n) is 0.600. The second kappa shape index (κ2) is 6.83. The minimum absolute atomic E-state index is 0.496. The van der Waals surface area contributed by atoms with Crippen molar-refractivity contribution in [2.45, 2.75) is 6.92 Å². The molecule has 0 fully saturated rings. The number of hydrogen-bond donors (Lipinski definition) is 3. The molecule has 7 nitrogen and oxygen atoms in total. The molecule has 0 saturated carbocycles. The average molecular weight is 150 g/mol. The van der Waals surface area contributed by atoms with E-state index in [0.29, 0.717) is 6.61 Å². The minimum atomic E-state index is 0.496. The first kappa shape index (κ1) is 9.72. The molecule has 62 valence electrons. The predicted molar refractivity (Wildman–Crippen MR) is 34.3 cm³/mol. The molecule has 0 heterocycles. The number of hydrazine groups is 2. The highest BCUT2D eigenvalue weighted by atomic mass is 17.0. The summed E-state index contributed by atoms with van der Waals surface area (Å²) in [6.45, 7) is 2.30. The van der Waals surface area contributed by atoms with E-state index in [9.17, 15) is 0 Å². The predicted octanol–water partition coefficient (Wildman–Crippen LogP) is -1.03. The Labute approximate surface area is 59.2 Å². The van der Waals surface area contributed by atoms with Gasteiger partial charge in [0.15, 0.2) is 0 Å². The van der Waals surface area contributed by atoms with Gasteiger partial charge < -0.3 is 5.43 Å². The van der Waals surface area contributed by atoms with Crippen molar-refractivity contribution in [3.05, 3.63) is 5.43 Å². The maximum absolute atomic E-state index is 5.09. The second-order valence-electron chi connectivity index (χ2n) is 1.25. The van der Waals surface area contributed by atoms with Crippen LogP contribution in [0.3, 0.4) is 0 Å². The molecule has 0 spiro atoms. The van der Waals surface area contributed by atoms with E-state index in [1.54, 1.807) is 6.92 Å². The summed E-state index contributed by atoms with van der Waals surface area (Å²) in [6, 6.07) is 0. The largest absolute Gasteiger partial charge is 0.565 e. The summed E-state index contributed by atoms with van der Waals surface area (Å²) in [4.78, 5) is 8.98. The van der Waals surface area contributed by atoms with Crippen LogP contribution in [0.5, 0.6) is 0 Å². The summed E-state index contributed by atoms with van der Waals surface area (Å²) in [7, 11) is 1.50. The van der Waals surface area contributed by atoms with Gasteiger partial charge in [-0.1, -0.05) is 5.64 Å². The van der Waals surface area contributed by atoms with Crippen molar-refractivity contribution >= 4 is 0 Å². The lowest BCUT2D eigenvalue weighted by atomic mass is 10.9. The van der Waals surface area contributed by atoms with Gasteiger partial charge in [0.2, 0.25) is 0 Å². The minimum Gasteiger partial charge on any atom is -0.565 e. The third-order valence-corrected chi connectivity index (χ3v) is 0.600. The molecular formula is C3H12N5O2-. The van der Waals surface area contributed by atoms with Crippen LogP contribution in [0.2, 0.25) is 0 Å². The van der Waals surface area contributed by atoms with Crippen molar-refractivity contribution < 1.29 is 9.78 Å². The molecular weight excluding hydrogens is 138 g/mol. The maximum atomic E-state index is 5.09. The number of nitrogens with two attached hydrogens (primary N) is 1. The zero-order chi connectivity index (χ0) is 7.82. The Bertz CT molecular complexity index is 71.9. The molecule has 0 aromatic rings. The van der Waals surface area contributed by atoms with Crippen molar-refractivity contribution in [2.24, 2.45) is 5.84 Å². The Morgan fingerprint density at radius 1 is 1.70 bits per heavy atom. The van der Waals surface area contributed by atoms with Crippen LogP contribution in [-0.4, -0.2) is 18.9 Å². The third kappa shape index (κ3) is 5.85. The molecule has 0 aliphatic heterocycles. The Morgan fingerprint density at radius 3 is 2.90 bits per heavy atom. The maximum Gasteiger partial charge on any atom is 0.0681 e. The van der Waals surface area contributed by atoms with E-state index in [1.165, 1.54) is 7.05 Å². The second-order valence-corrected chi connectivity index (χ2v) is 1.25. The molecule has 0 radical (unpaired) electrons. The van der Waals surface area contributed by atoms with E-state index in [1.807, 2.05) is 0 Å². The Morgan fingerprint density at radius 2 is 2.40 bits per heavy atom. The monoisotopic (exact) mass is 150 g/mol. The molecule has 0 aliphatic rings. The van der Waals surface area contributed by atoms with E-state index in [-0.39, 0.29) is 0 Å². The van der Waals surface area contributed by atoms with Crippen molar-refractivity contribution in [2.75, 3.05) is 13.7 Å². The summed E-state index contributed by atoms with van der Waals surface area (Å²) in [5.74, 6) is 5.09. The van der Waals surface area contributed by atoms with Gasteiger partial charge in [-0.2, -0.15) is 4.94 Å². The summed E-state index contributed by atoms with van der Waals surface area (Å²) in [6.07, 6.45) is 0. The van der Waals surface area contributed by atoms with Crippen LogP contribution in [0.25, 0.3) is 5.43 Å². The van der Waals surface area contributed by atoms with Gasteiger partial charge in [0.1, 0.15) is 0 Å². The van der Waals surface area contributed by atoms with Crippen LogP contribution in [0.1, 0.15) is 6.92 Å². The van der Waals surface area contributed by atoms with Gasteiger partial charge in [-0.25, -0.2) is 0 Å². The topological polar surface area (TPSA) is 85.9 Å². The first-order valence-electron chi connectivity index (χ1n) is 2.74. The molecule has 10 heavy (non-hydrogen) atoms. The standard InChI is InChI=1S/C3H12N5O2/c1-3-9-7-10-6-8(4)5-2/h6-7H,3-4H2,1-2H3/q-1. The molecule has 0 amide bonds. The highest BCUT2D eigenvalue weighted by molar-refractivity contribution is 4.51. The highest BCUT2D eigenvalue weighted by Gasteiger charge is 1.81. The van der Waals surface area contributed by atoms with Crippen molar-refractivity contribution in [3.8, 4) is 0 Å². The Balaban J connectivity index is 2.89. The fourth-order valence-corrected chi connectivity index (χ4v) is 0.195. The van der Waals surface area contributed by atoms with Gasteiger partial charge in [-0.05, 0) is 6.92 Å². The van der Waals surface area contributed by atoms with Gasteiger partial charge in [-0.15, -0.1) is 12.6 Å².